The Labute approximate surface area is 198 Å². The number of halogens is 2. The minimum atomic E-state index is -0.279. The largest absolute Gasteiger partial charge is 0.312 e. The van der Waals surface area contributed by atoms with Crippen molar-refractivity contribution in [1.82, 2.24) is 10.2 Å². The highest BCUT2D eigenvalue weighted by Crippen LogP contribution is 2.35. The lowest BCUT2D eigenvalue weighted by atomic mass is 10.1. The molecule has 32 heavy (non-hydrogen) atoms. The van der Waals surface area contributed by atoms with Gasteiger partial charge < -0.3 is 4.90 Å². The number of benzene rings is 2. The summed E-state index contributed by atoms with van der Waals surface area (Å²) in [6.07, 6.45) is 0.335. The summed E-state index contributed by atoms with van der Waals surface area (Å²) in [5, 5.41) is 12.8. The number of anilines is 2. The molecular formula is C22H20ClFN4O2S2. The molecule has 2 heterocycles. The summed E-state index contributed by atoms with van der Waals surface area (Å²) in [5.41, 5.74) is 2.68. The normalized spacial score (nSPS) is 15.9. The molecule has 0 saturated carbocycles. The number of aryl methyl sites for hydroxylation is 1. The zero-order valence-corrected chi connectivity index (χ0v) is 19.6. The quantitative estimate of drug-likeness (QED) is 0.502. The van der Waals surface area contributed by atoms with Crippen LogP contribution in [-0.4, -0.2) is 34.3 Å². The van der Waals surface area contributed by atoms with E-state index in [1.807, 2.05) is 19.1 Å². The van der Waals surface area contributed by atoms with E-state index in [-0.39, 0.29) is 29.3 Å². The van der Waals surface area contributed by atoms with Gasteiger partial charge in [0.25, 0.3) is 0 Å². The van der Waals surface area contributed by atoms with Crippen LogP contribution < -0.4 is 10.2 Å². The highest BCUT2D eigenvalue weighted by molar-refractivity contribution is 7.99. The molecule has 3 aromatic rings. The Balaban J connectivity index is 1.30. The SMILES string of the molecule is Cc1ccc(N2CC(c3nnc(NC(=O)CSCc4ccc(F)cc4)s3)CC2=O)cc1Cl. The Morgan fingerprint density at radius 3 is 2.81 bits per heavy atom. The number of nitrogens with zero attached hydrogens (tertiary/aromatic N) is 3. The smallest absolute Gasteiger partial charge is 0.236 e. The van der Waals surface area contributed by atoms with Gasteiger partial charge in [-0.1, -0.05) is 41.1 Å². The Kier molecular flexibility index (Phi) is 7.07. The van der Waals surface area contributed by atoms with Crippen molar-refractivity contribution in [2.45, 2.75) is 25.0 Å². The molecule has 1 aromatic heterocycles. The fourth-order valence-corrected chi connectivity index (χ4v) is 5.13. The van der Waals surface area contributed by atoms with Crippen molar-refractivity contribution in [1.29, 1.82) is 0 Å². The third-order valence-electron chi connectivity index (χ3n) is 5.04. The third kappa shape index (κ3) is 5.46. The number of hydrogen-bond donors (Lipinski definition) is 1. The van der Waals surface area contributed by atoms with E-state index >= 15 is 0 Å². The van der Waals surface area contributed by atoms with Crippen LogP contribution in [0.1, 0.15) is 28.5 Å². The molecule has 1 fully saturated rings. The summed E-state index contributed by atoms with van der Waals surface area (Å²) >= 11 is 8.92. The number of hydrogen-bond acceptors (Lipinski definition) is 6. The van der Waals surface area contributed by atoms with Crippen molar-refractivity contribution in [2.24, 2.45) is 0 Å². The number of carbonyl (C=O) groups excluding carboxylic acids is 2. The first-order chi connectivity index (χ1) is 15.4. The number of nitrogens with one attached hydrogen (secondary N) is 1. The second-order valence-electron chi connectivity index (χ2n) is 7.45. The summed E-state index contributed by atoms with van der Waals surface area (Å²) in [7, 11) is 0. The molecular weight excluding hydrogens is 471 g/mol. The van der Waals surface area contributed by atoms with E-state index in [1.165, 1.54) is 35.2 Å². The molecule has 2 amide bonds. The fraction of sp³-hybridized carbons (Fsp3) is 0.273. The van der Waals surface area contributed by atoms with Crippen LogP contribution in [0.25, 0.3) is 0 Å². The topological polar surface area (TPSA) is 75.2 Å². The van der Waals surface area contributed by atoms with E-state index in [0.717, 1.165) is 16.8 Å². The first-order valence-corrected chi connectivity index (χ1v) is 12.3. The summed E-state index contributed by atoms with van der Waals surface area (Å²) in [6, 6.07) is 11.8. The zero-order chi connectivity index (χ0) is 22.7. The molecule has 0 radical (unpaired) electrons. The van der Waals surface area contributed by atoms with Crippen LogP contribution in [0.3, 0.4) is 0 Å². The van der Waals surface area contributed by atoms with Crippen molar-refractivity contribution >= 4 is 57.3 Å². The molecule has 4 rings (SSSR count). The maximum Gasteiger partial charge on any atom is 0.236 e. The minimum absolute atomic E-state index is 0.00731. The van der Waals surface area contributed by atoms with Crippen molar-refractivity contribution in [3.63, 3.8) is 0 Å². The Morgan fingerprint density at radius 1 is 1.28 bits per heavy atom. The fourth-order valence-electron chi connectivity index (χ4n) is 3.32. The molecule has 2 aromatic carbocycles. The molecule has 166 valence electrons. The van der Waals surface area contributed by atoms with Crippen LogP contribution in [0.15, 0.2) is 42.5 Å². The van der Waals surface area contributed by atoms with E-state index in [1.54, 1.807) is 23.1 Å². The zero-order valence-electron chi connectivity index (χ0n) is 17.2. The average molecular weight is 491 g/mol. The van der Waals surface area contributed by atoms with Crippen molar-refractivity contribution < 1.29 is 14.0 Å². The van der Waals surface area contributed by atoms with Gasteiger partial charge in [-0.15, -0.1) is 22.0 Å². The predicted octanol–water partition coefficient (Wildman–Crippen LogP) is 5.03. The number of aromatic nitrogens is 2. The predicted molar refractivity (Wildman–Crippen MR) is 127 cm³/mol. The highest BCUT2D eigenvalue weighted by atomic mass is 35.5. The number of rotatable bonds is 7. The van der Waals surface area contributed by atoms with E-state index in [2.05, 4.69) is 15.5 Å². The number of amides is 2. The van der Waals surface area contributed by atoms with Crippen LogP contribution in [0.5, 0.6) is 0 Å². The van der Waals surface area contributed by atoms with Crippen LogP contribution >= 0.6 is 34.7 Å². The molecule has 6 nitrogen and oxygen atoms in total. The maximum atomic E-state index is 12.9. The Bertz CT molecular complexity index is 1140. The van der Waals surface area contributed by atoms with Gasteiger partial charge in [0.05, 0.1) is 5.75 Å². The Hall–Kier alpha value is -2.49. The van der Waals surface area contributed by atoms with Gasteiger partial charge in [-0.05, 0) is 42.3 Å². The van der Waals surface area contributed by atoms with E-state index in [4.69, 9.17) is 11.6 Å². The van der Waals surface area contributed by atoms with E-state index in [9.17, 15) is 14.0 Å². The van der Waals surface area contributed by atoms with Gasteiger partial charge >= 0.3 is 0 Å². The standard InChI is InChI=1S/C22H20ClFN4O2S2/c1-13-2-7-17(9-18(13)23)28-10-15(8-20(28)30)21-26-27-22(32-21)25-19(29)12-31-11-14-3-5-16(24)6-4-14/h2-7,9,15H,8,10-12H2,1H3,(H,25,27,29). The average Bonchev–Trinajstić information content (AvgIpc) is 3.38. The summed E-state index contributed by atoms with van der Waals surface area (Å²) in [6.45, 7) is 2.41. The van der Waals surface area contributed by atoms with Crippen molar-refractivity contribution in [3.8, 4) is 0 Å². The lowest BCUT2D eigenvalue weighted by molar-refractivity contribution is -0.117. The molecule has 1 aliphatic heterocycles. The van der Waals surface area contributed by atoms with Gasteiger partial charge in [0.2, 0.25) is 16.9 Å². The van der Waals surface area contributed by atoms with Crippen molar-refractivity contribution in [2.75, 3.05) is 22.5 Å². The molecule has 1 saturated heterocycles. The first-order valence-electron chi connectivity index (χ1n) is 9.91. The molecule has 10 heteroatoms. The molecule has 0 spiro atoms. The van der Waals surface area contributed by atoms with Gasteiger partial charge in [0.1, 0.15) is 10.8 Å². The first kappa shape index (κ1) is 22.7. The van der Waals surface area contributed by atoms with Crippen LogP contribution in [0.2, 0.25) is 5.02 Å². The molecule has 1 aliphatic rings. The maximum absolute atomic E-state index is 12.9. The van der Waals surface area contributed by atoms with Gasteiger partial charge in [-0.2, -0.15) is 0 Å². The number of thioether (sulfide) groups is 1. The van der Waals surface area contributed by atoms with E-state index in [0.29, 0.717) is 33.9 Å². The van der Waals surface area contributed by atoms with Crippen LogP contribution in [0, 0.1) is 12.7 Å². The summed E-state index contributed by atoms with van der Waals surface area (Å²) in [5.74, 6) is 0.317. The second kappa shape index (κ2) is 9.97. The molecule has 1 unspecified atom stereocenters. The lowest BCUT2D eigenvalue weighted by Gasteiger charge is -2.17. The lowest BCUT2D eigenvalue weighted by Crippen LogP contribution is -2.24. The van der Waals surface area contributed by atoms with E-state index < -0.39 is 0 Å². The molecule has 1 N–H and O–H groups in total. The monoisotopic (exact) mass is 490 g/mol. The van der Waals surface area contributed by atoms with Gasteiger partial charge in [-0.3, -0.25) is 14.9 Å². The molecule has 0 bridgehead atoms. The highest BCUT2D eigenvalue weighted by Gasteiger charge is 2.34. The van der Waals surface area contributed by atoms with Crippen molar-refractivity contribution in [3.05, 3.63) is 69.4 Å². The molecule has 1 atom stereocenters. The van der Waals surface area contributed by atoms with Gasteiger partial charge in [0.15, 0.2) is 0 Å². The Morgan fingerprint density at radius 2 is 2.06 bits per heavy atom. The van der Waals surface area contributed by atoms with Gasteiger partial charge in [-0.25, -0.2) is 4.39 Å². The van der Waals surface area contributed by atoms with Gasteiger partial charge in [0, 0.05) is 35.3 Å². The third-order valence-corrected chi connectivity index (χ3v) is 7.46. The van der Waals surface area contributed by atoms with Crippen LogP contribution in [0.4, 0.5) is 15.2 Å². The van der Waals surface area contributed by atoms with Crippen LogP contribution in [-0.2, 0) is 15.3 Å². The minimum Gasteiger partial charge on any atom is -0.312 e. The molecule has 0 aliphatic carbocycles. The second-order valence-corrected chi connectivity index (χ2v) is 9.85. The number of carbonyl (C=O) groups is 2. The summed E-state index contributed by atoms with van der Waals surface area (Å²) < 4.78 is 12.9. The summed E-state index contributed by atoms with van der Waals surface area (Å²) in [4.78, 5) is 26.5.